The number of carbonyl (C=O) groups is 2. The number of anilines is 2. The van der Waals surface area contributed by atoms with Crippen LogP contribution < -0.4 is 15.5 Å². The van der Waals surface area contributed by atoms with Crippen LogP contribution in [0, 0.1) is 0 Å². The van der Waals surface area contributed by atoms with Gasteiger partial charge in [0.2, 0.25) is 9.70 Å². The first kappa shape index (κ1) is 20.7. The molecule has 0 spiro atoms. The van der Waals surface area contributed by atoms with E-state index in [0.29, 0.717) is 13.1 Å². The van der Waals surface area contributed by atoms with Crippen molar-refractivity contribution in [2.75, 3.05) is 36.5 Å². The number of benzene rings is 1. The maximum absolute atomic E-state index is 13.0. The van der Waals surface area contributed by atoms with E-state index >= 15 is 0 Å². The van der Waals surface area contributed by atoms with Crippen molar-refractivity contribution in [3.05, 3.63) is 23.8 Å². The average molecular weight is 435 g/mol. The third-order valence-electron chi connectivity index (χ3n) is 3.31. The Morgan fingerprint density at radius 3 is 2.58 bits per heavy atom. The molecule has 0 unspecified atom stereocenters. The van der Waals surface area contributed by atoms with Gasteiger partial charge in [0.25, 0.3) is 0 Å². The van der Waals surface area contributed by atoms with Crippen LogP contribution in [0.5, 0.6) is 0 Å². The molecule has 1 aromatic rings. The topological polar surface area (TPSA) is 70.7 Å². The highest BCUT2D eigenvalue weighted by molar-refractivity contribution is 6.67. The Balaban J connectivity index is 2.27. The van der Waals surface area contributed by atoms with Crippen LogP contribution in [0.4, 0.5) is 29.3 Å². The lowest BCUT2D eigenvalue weighted by molar-refractivity contribution is -0.137. The van der Waals surface area contributed by atoms with Gasteiger partial charge in [-0.25, -0.2) is 4.79 Å². The van der Waals surface area contributed by atoms with E-state index in [-0.39, 0.29) is 23.8 Å². The van der Waals surface area contributed by atoms with Gasteiger partial charge in [-0.1, -0.05) is 34.8 Å². The second-order valence-corrected chi connectivity index (χ2v) is 7.83. The van der Waals surface area contributed by atoms with Gasteiger partial charge in [0.15, 0.2) is 0 Å². The summed E-state index contributed by atoms with van der Waals surface area (Å²) in [7, 11) is 0. The smallest absolute Gasteiger partial charge is 0.416 e. The lowest BCUT2D eigenvalue weighted by atomic mass is 10.1. The molecule has 6 nitrogen and oxygen atoms in total. The van der Waals surface area contributed by atoms with Gasteiger partial charge in [-0.2, -0.15) is 13.2 Å². The third-order valence-corrected chi connectivity index (χ3v) is 3.63. The van der Waals surface area contributed by atoms with E-state index in [4.69, 9.17) is 34.8 Å². The third kappa shape index (κ3) is 6.00. The molecule has 1 fully saturated rings. The van der Waals surface area contributed by atoms with Crippen LogP contribution in [-0.4, -0.2) is 42.0 Å². The van der Waals surface area contributed by atoms with E-state index in [1.165, 1.54) is 11.0 Å². The van der Waals surface area contributed by atoms with Crippen molar-refractivity contribution in [1.82, 2.24) is 5.32 Å². The van der Waals surface area contributed by atoms with E-state index in [9.17, 15) is 22.8 Å². The Bertz CT molecular complexity index is 695. The largest absolute Gasteiger partial charge is 0.445 e. The number of nitrogens with zero attached hydrogens (tertiary/aromatic N) is 1. The second-order valence-electron chi connectivity index (χ2n) is 5.32. The number of carbonyl (C=O) groups excluding carboxylic acids is 2. The van der Waals surface area contributed by atoms with Crippen LogP contribution in [0.3, 0.4) is 0 Å². The molecule has 0 aromatic heterocycles. The van der Waals surface area contributed by atoms with E-state index in [1.54, 1.807) is 0 Å². The van der Waals surface area contributed by atoms with Gasteiger partial charge in [-0.3, -0.25) is 10.1 Å². The summed E-state index contributed by atoms with van der Waals surface area (Å²) in [5.74, 6) is -0.291. The number of hydrogen-bond donors (Lipinski definition) is 2. The van der Waals surface area contributed by atoms with E-state index in [1.807, 2.05) is 0 Å². The molecular formula is C14H13Cl3F3N3O3. The molecule has 2 rings (SSSR count). The predicted octanol–water partition coefficient (Wildman–Crippen LogP) is 3.56. The minimum Gasteiger partial charge on any atom is -0.445 e. The van der Waals surface area contributed by atoms with Gasteiger partial charge in [0.1, 0.15) is 6.61 Å². The van der Waals surface area contributed by atoms with Gasteiger partial charge in [0, 0.05) is 13.1 Å². The molecule has 26 heavy (non-hydrogen) atoms. The molecule has 0 bridgehead atoms. The summed E-state index contributed by atoms with van der Waals surface area (Å²) in [4.78, 5) is 24.9. The summed E-state index contributed by atoms with van der Waals surface area (Å²) in [6.45, 7) is 0.0130. The standard InChI is InChI=1S/C14H13Cl3F3N3O3/c15-13(16,17)7-26-12(25)22-9-5-8(14(18,19)20)1-2-10(9)23-4-3-21-11(24)6-23/h1-2,5H,3-4,6-7H2,(H,21,24)(H,22,25). The molecule has 0 aliphatic carbocycles. The van der Waals surface area contributed by atoms with E-state index in [0.717, 1.165) is 12.1 Å². The number of alkyl halides is 6. The summed E-state index contributed by atoms with van der Waals surface area (Å²) >= 11 is 16.4. The van der Waals surface area contributed by atoms with Gasteiger partial charge >= 0.3 is 12.3 Å². The van der Waals surface area contributed by atoms with Gasteiger partial charge in [-0.05, 0) is 18.2 Å². The van der Waals surface area contributed by atoms with Crippen molar-refractivity contribution in [3.63, 3.8) is 0 Å². The lowest BCUT2D eigenvalue weighted by Crippen LogP contribution is -2.48. The molecule has 0 atom stereocenters. The zero-order valence-corrected chi connectivity index (χ0v) is 15.3. The number of piperazine rings is 1. The molecule has 144 valence electrons. The fourth-order valence-corrected chi connectivity index (χ4v) is 2.39. The highest BCUT2D eigenvalue weighted by Gasteiger charge is 2.32. The molecule has 1 aromatic carbocycles. The zero-order valence-electron chi connectivity index (χ0n) is 13.0. The zero-order chi connectivity index (χ0) is 19.5. The van der Waals surface area contributed by atoms with Crippen molar-refractivity contribution in [3.8, 4) is 0 Å². The lowest BCUT2D eigenvalue weighted by Gasteiger charge is -2.30. The fourth-order valence-electron chi connectivity index (χ4n) is 2.23. The van der Waals surface area contributed by atoms with Gasteiger partial charge < -0.3 is 15.0 Å². The average Bonchev–Trinajstić information content (AvgIpc) is 2.51. The normalized spacial score (nSPS) is 15.5. The Kier molecular flexibility index (Phi) is 6.36. The number of halogens is 6. The summed E-state index contributed by atoms with van der Waals surface area (Å²) in [5, 5.41) is 4.80. The Hall–Kier alpha value is -1.58. The minimum atomic E-state index is -4.62. The first-order valence-electron chi connectivity index (χ1n) is 7.19. The highest BCUT2D eigenvalue weighted by atomic mass is 35.6. The molecular weight excluding hydrogens is 422 g/mol. The minimum absolute atomic E-state index is 0.0662. The maximum atomic E-state index is 13.0. The van der Waals surface area contributed by atoms with Gasteiger partial charge in [0.05, 0.1) is 23.5 Å². The molecule has 0 radical (unpaired) electrons. The molecule has 1 saturated heterocycles. The number of nitrogens with one attached hydrogen (secondary N) is 2. The second kappa shape index (κ2) is 7.98. The van der Waals surface area contributed by atoms with Crippen molar-refractivity contribution in [2.45, 2.75) is 9.97 Å². The van der Waals surface area contributed by atoms with Crippen LogP contribution in [0.2, 0.25) is 0 Å². The molecule has 0 saturated carbocycles. The summed E-state index contributed by atoms with van der Waals surface area (Å²) in [6.07, 6.45) is -5.71. The maximum Gasteiger partial charge on any atom is 0.416 e. The number of rotatable bonds is 3. The molecule has 1 heterocycles. The monoisotopic (exact) mass is 433 g/mol. The molecule has 2 N–H and O–H groups in total. The molecule has 12 heteroatoms. The molecule has 1 aliphatic rings. The SMILES string of the molecule is O=C1CN(c2ccc(C(F)(F)F)cc2NC(=O)OCC(Cl)(Cl)Cl)CCN1. The van der Waals surface area contributed by atoms with Crippen LogP contribution in [0.1, 0.15) is 5.56 Å². The van der Waals surface area contributed by atoms with Crippen LogP contribution in [-0.2, 0) is 15.7 Å². The Labute approximate surface area is 161 Å². The van der Waals surface area contributed by atoms with Crippen LogP contribution in [0.15, 0.2) is 18.2 Å². The van der Waals surface area contributed by atoms with E-state index in [2.05, 4.69) is 15.4 Å². The predicted molar refractivity (Wildman–Crippen MR) is 91.9 cm³/mol. The van der Waals surface area contributed by atoms with E-state index < -0.39 is 28.2 Å². The van der Waals surface area contributed by atoms with Gasteiger partial charge in [-0.15, -0.1) is 0 Å². The number of ether oxygens (including phenoxy) is 1. The van der Waals surface area contributed by atoms with Crippen LogP contribution in [0.25, 0.3) is 0 Å². The Morgan fingerprint density at radius 1 is 1.31 bits per heavy atom. The summed E-state index contributed by atoms with van der Waals surface area (Å²) in [5.41, 5.74) is -0.915. The molecule has 2 amide bonds. The van der Waals surface area contributed by atoms with Crippen molar-refractivity contribution in [2.24, 2.45) is 0 Å². The van der Waals surface area contributed by atoms with Crippen molar-refractivity contribution in [1.29, 1.82) is 0 Å². The summed E-state index contributed by atoms with van der Waals surface area (Å²) in [6, 6.07) is 2.78. The van der Waals surface area contributed by atoms with Crippen molar-refractivity contribution < 1.29 is 27.5 Å². The fraction of sp³-hybridized carbons (Fsp3) is 0.429. The van der Waals surface area contributed by atoms with Crippen molar-refractivity contribution >= 4 is 58.2 Å². The molecule has 1 aliphatic heterocycles. The highest BCUT2D eigenvalue weighted by Crippen LogP contribution is 2.36. The number of amides is 2. The summed E-state index contributed by atoms with van der Waals surface area (Å²) < 4.78 is 41.7. The Morgan fingerprint density at radius 2 is 2.00 bits per heavy atom. The first-order chi connectivity index (χ1) is 12.0. The van der Waals surface area contributed by atoms with Crippen LogP contribution >= 0.6 is 34.8 Å². The number of hydrogen-bond acceptors (Lipinski definition) is 4. The quantitative estimate of drug-likeness (QED) is 0.714. The first-order valence-corrected chi connectivity index (χ1v) is 8.32.